The van der Waals surface area contributed by atoms with E-state index in [0.717, 1.165) is 33.1 Å². The Morgan fingerprint density at radius 2 is 2.17 bits per heavy atom. The Morgan fingerprint density at radius 1 is 1.28 bits per heavy atom. The van der Waals surface area contributed by atoms with Crippen LogP contribution in [0.1, 0.15) is 17.5 Å². The van der Waals surface area contributed by atoms with Crippen molar-refractivity contribution in [2.45, 2.75) is 19.9 Å². The third kappa shape index (κ3) is 2.09. The van der Waals surface area contributed by atoms with Crippen LogP contribution in [0.15, 0.2) is 34.9 Å². The molecule has 4 nitrogen and oxygen atoms in total. The van der Waals surface area contributed by atoms with Gasteiger partial charge in [-0.3, -0.25) is 0 Å². The number of anilines is 1. The quantitative estimate of drug-likeness (QED) is 0.779. The Balaban J connectivity index is 1.76. The summed E-state index contributed by atoms with van der Waals surface area (Å²) >= 11 is 1.60. The SMILES string of the molecule is CCc1nnc(NCc2coc3ccccc23)s1. The number of para-hydroxylation sites is 1. The minimum absolute atomic E-state index is 0.704. The lowest BCUT2D eigenvalue weighted by atomic mass is 10.2. The summed E-state index contributed by atoms with van der Waals surface area (Å²) in [6.07, 6.45) is 2.72. The predicted molar refractivity (Wildman–Crippen MR) is 72.8 cm³/mol. The zero-order valence-electron chi connectivity index (χ0n) is 10.0. The van der Waals surface area contributed by atoms with Gasteiger partial charge >= 0.3 is 0 Å². The van der Waals surface area contributed by atoms with E-state index >= 15 is 0 Å². The van der Waals surface area contributed by atoms with Gasteiger partial charge in [-0.15, -0.1) is 10.2 Å². The maximum atomic E-state index is 5.49. The third-order valence-corrected chi connectivity index (χ3v) is 3.79. The van der Waals surface area contributed by atoms with E-state index in [-0.39, 0.29) is 0 Å². The van der Waals surface area contributed by atoms with Gasteiger partial charge in [0.05, 0.1) is 6.26 Å². The van der Waals surface area contributed by atoms with E-state index in [2.05, 4.69) is 28.5 Å². The van der Waals surface area contributed by atoms with Crippen molar-refractivity contribution in [3.63, 3.8) is 0 Å². The third-order valence-electron chi connectivity index (χ3n) is 2.76. The van der Waals surface area contributed by atoms with Crippen LogP contribution in [0.3, 0.4) is 0 Å². The van der Waals surface area contributed by atoms with E-state index in [1.165, 1.54) is 0 Å². The highest BCUT2D eigenvalue weighted by Gasteiger charge is 2.06. The molecular weight excluding hydrogens is 246 g/mol. The number of benzene rings is 1. The number of hydrogen-bond donors (Lipinski definition) is 1. The van der Waals surface area contributed by atoms with Crippen LogP contribution in [0.5, 0.6) is 0 Å². The van der Waals surface area contributed by atoms with Crippen LogP contribution < -0.4 is 5.32 Å². The molecule has 5 heteroatoms. The number of nitrogens with zero attached hydrogens (tertiary/aromatic N) is 2. The lowest BCUT2D eigenvalue weighted by Gasteiger charge is -1.99. The van der Waals surface area contributed by atoms with Gasteiger partial charge < -0.3 is 9.73 Å². The summed E-state index contributed by atoms with van der Waals surface area (Å²) in [7, 11) is 0. The molecule has 0 amide bonds. The fraction of sp³-hybridized carbons (Fsp3) is 0.231. The summed E-state index contributed by atoms with van der Waals surface area (Å²) in [6.45, 7) is 2.78. The van der Waals surface area contributed by atoms with Crippen molar-refractivity contribution in [1.82, 2.24) is 10.2 Å². The molecule has 2 heterocycles. The lowest BCUT2D eigenvalue weighted by molar-refractivity contribution is 0.611. The molecule has 1 aromatic carbocycles. The molecule has 2 aromatic heterocycles. The van der Waals surface area contributed by atoms with E-state index in [4.69, 9.17) is 4.42 Å². The van der Waals surface area contributed by atoms with Crippen molar-refractivity contribution in [1.29, 1.82) is 0 Å². The van der Waals surface area contributed by atoms with Gasteiger partial charge in [-0.05, 0) is 12.5 Å². The number of furan rings is 1. The zero-order valence-corrected chi connectivity index (χ0v) is 10.8. The number of rotatable bonds is 4. The van der Waals surface area contributed by atoms with Gasteiger partial charge in [0.15, 0.2) is 0 Å². The molecule has 1 N–H and O–H groups in total. The molecule has 0 saturated carbocycles. The predicted octanol–water partition coefficient (Wildman–Crippen LogP) is 3.46. The molecule has 18 heavy (non-hydrogen) atoms. The molecule has 0 radical (unpaired) electrons. The number of aryl methyl sites for hydroxylation is 1. The summed E-state index contributed by atoms with van der Waals surface area (Å²) in [5.41, 5.74) is 2.06. The Kier molecular flexibility index (Phi) is 2.98. The largest absolute Gasteiger partial charge is 0.464 e. The van der Waals surface area contributed by atoms with Crippen LogP contribution in [-0.4, -0.2) is 10.2 Å². The Hall–Kier alpha value is -1.88. The molecule has 0 saturated heterocycles. The fourth-order valence-electron chi connectivity index (χ4n) is 1.81. The molecule has 3 aromatic rings. The molecule has 92 valence electrons. The second kappa shape index (κ2) is 4.78. The highest BCUT2D eigenvalue weighted by molar-refractivity contribution is 7.15. The topological polar surface area (TPSA) is 51.0 Å². The lowest BCUT2D eigenvalue weighted by Crippen LogP contribution is -1.97. The first-order valence-corrected chi connectivity index (χ1v) is 6.70. The smallest absolute Gasteiger partial charge is 0.205 e. The summed E-state index contributed by atoms with van der Waals surface area (Å²) < 4.78 is 5.49. The molecule has 0 bridgehead atoms. The first-order chi connectivity index (χ1) is 8.86. The number of hydrogen-bond acceptors (Lipinski definition) is 5. The second-order valence-corrected chi connectivity index (χ2v) is 5.03. The minimum Gasteiger partial charge on any atom is -0.464 e. The van der Waals surface area contributed by atoms with E-state index in [1.54, 1.807) is 17.6 Å². The van der Waals surface area contributed by atoms with Crippen LogP contribution >= 0.6 is 11.3 Å². The summed E-state index contributed by atoms with van der Waals surface area (Å²) in [5.74, 6) is 0. The molecule has 0 atom stereocenters. The van der Waals surface area contributed by atoms with Crippen molar-refractivity contribution in [3.05, 3.63) is 41.1 Å². The maximum Gasteiger partial charge on any atom is 0.205 e. The second-order valence-electron chi connectivity index (χ2n) is 3.97. The summed E-state index contributed by atoms with van der Waals surface area (Å²) in [4.78, 5) is 0. The number of fused-ring (bicyclic) bond motifs is 1. The molecular formula is C13H13N3OS. The first kappa shape index (κ1) is 11.2. The van der Waals surface area contributed by atoms with E-state index in [9.17, 15) is 0 Å². The van der Waals surface area contributed by atoms with Gasteiger partial charge in [0, 0.05) is 17.5 Å². The van der Waals surface area contributed by atoms with Crippen LogP contribution in [-0.2, 0) is 13.0 Å². The van der Waals surface area contributed by atoms with Crippen molar-refractivity contribution < 1.29 is 4.42 Å². The molecule has 0 unspecified atom stereocenters. The van der Waals surface area contributed by atoms with E-state index in [0.29, 0.717) is 6.54 Å². The Bertz CT molecular complexity index is 659. The fourth-order valence-corrected chi connectivity index (χ4v) is 2.48. The van der Waals surface area contributed by atoms with Crippen molar-refractivity contribution in [3.8, 4) is 0 Å². The number of aromatic nitrogens is 2. The van der Waals surface area contributed by atoms with Crippen LogP contribution in [0.25, 0.3) is 11.0 Å². The normalized spacial score (nSPS) is 10.9. The average molecular weight is 259 g/mol. The first-order valence-electron chi connectivity index (χ1n) is 5.88. The number of nitrogens with one attached hydrogen (secondary N) is 1. The van der Waals surface area contributed by atoms with E-state index < -0.39 is 0 Å². The molecule has 0 aliphatic heterocycles. The summed E-state index contributed by atoms with van der Waals surface area (Å²) in [6, 6.07) is 8.02. The molecule has 0 spiro atoms. The van der Waals surface area contributed by atoms with Crippen molar-refractivity contribution >= 4 is 27.4 Å². The van der Waals surface area contributed by atoms with Crippen LogP contribution in [0, 0.1) is 0 Å². The van der Waals surface area contributed by atoms with Gasteiger partial charge in [0.25, 0.3) is 0 Å². The highest BCUT2D eigenvalue weighted by atomic mass is 32.1. The Morgan fingerprint density at radius 3 is 3.00 bits per heavy atom. The van der Waals surface area contributed by atoms with Gasteiger partial charge in [-0.1, -0.05) is 36.5 Å². The van der Waals surface area contributed by atoms with E-state index in [1.807, 2.05) is 18.2 Å². The van der Waals surface area contributed by atoms with Gasteiger partial charge in [0.2, 0.25) is 5.13 Å². The van der Waals surface area contributed by atoms with Gasteiger partial charge in [-0.25, -0.2) is 0 Å². The zero-order chi connectivity index (χ0) is 12.4. The maximum absolute atomic E-state index is 5.49. The van der Waals surface area contributed by atoms with Gasteiger partial charge in [-0.2, -0.15) is 0 Å². The molecule has 0 aliphatic rings. The standard InChI is InChI=1S/C13H13N3OS/c1-2-12-15-16-13(18-12)14-7-9-8-17-11-6-4-3-5-10(9)11/h3-6,8H,2,7H2,1H3,(H,14,16). The van der Waals surface area contributed by atoms with Gasteiger partial charge in [0.1, 0.15) is 10.6 Å². The minimum atomic E-state index is 0.704. The van der Waals surface area contributed by atoms with Crippen molar-refractivity contribution in [2.24, 2.45) is 0 Å². The molecule has 0 fully saturated rings. The van der Waals surface area contributed by atoms with Crippen molar-refractivity contribution in [2.75, 3.05) is 5.32 Å². The van der Waals surface area contributed by atoms with Crippen LogP contribution in [0.4, 0.5) is 5.13 Å². The Labute approximate surface area is 109 Å². The highest BCUT2D eigenvalue weighted by Crippen LogP contribution is 2.22. The monoisotopic (exact) mass is 259 g/mol. The van der Waals surface area contributed by atoms with Crippen LogP contribution in [0.2, 0.25) is 0 Å². The molecule has 3 rings (SSSR count). The summed E-state index contributed by atoms with van der Waals surface area (Å²) in [5, 5.41) is 14.5. The average Bonchev–Trinajstić information content (AvgIpc) is 3.03. The molecule has 0 aliphatic carbocycles.